The summed E-state index contributed by atoms with van der Waals surface area (Å²) in [5.74, 6) is -0.431. The van der Waals surface area contributed by atoms with Crippen LogP contribution in [0.5, 0.6) is 0 Å². The van der Waals surface area contributed by atoms with Gasteiger partial charge >= 0.3 is 5.97 Å². The van der Waals surface area contributed by atoms with E-state index in [0.717, 1.165) is 12.8 Å². The number of Topliss-reactive ketones (excluding diaryl/α,β-unsaturated/α-hetero) is 1. The molecule has 0 amide bonds. The van der Waals surface area contributed by atoms with Gasteiger partial charge in [0, 0.05) is 18.7 Å². The van der Waals surface area contributed by atoms with Crippen molar-refractivity contribution in [3.63, 3.8) is 0 Å². The Morgan fingerprint density at radius 3 is 2.25 bits per heavy atom. The fourth-order valence-corrected chi connectivity index (χ4v) is 6.10. The van der Waals surface area contributed by atoms with Crippen LogP contribution in [-0.2, 0) is 14.8 Å². The van der Waals surface area contributed by atoms with E-state index >= 15 is 0 Å². The lowest BCUT2D eigenvalue weighted by Crippen LogP contribution is -2.28. The van der Waals surface area contributed by atoms with Crippen molar-refractivity contribution in [3.05, 3.63) is 65.2 Å². The van der Waals surface area contributed by atoms with Crippen molar-refractivity contribution in [1.82, 2.24) is 4.31 Å². The van der Waals surface area contributed by atoms with E-state index in [-0.39, 0.29) is 22.8 Å². The molecule has 0 unspecified atom stereocenters. The first-order valence-electron chi connectivity index (χ1n) is 11.4. The molecule has 1 aliphatic carbocycles. The molecule has 1 heterocycles. The van der Waals surface area contributed by atoms with E-state index in [1.54, 1.807) is 12.1 Å². The smallest absolute Gasteiger partial charge is 0.338 e. The second-order valence-electron chi connectivity index (χ2n) is 8.60. The van der Waals surface area contributed by atoms with Gasteiger partial charge in [-0.25, -0.2) is 13.2 Å². The number of rotatable bonds is 7. The Morgan fingerprint density at radius 2 is 1.56 bits per heavy atom. The van der Waals surface area contributed by atoms with Crippen LogP contribution in [0, 0.1) is 0 Å². The van der Waals surface area contributed by atoms with E-state index in [9.17, 15) is 18.0 Å². The molecule has 2 fully saturated rings. The van der Waals surface area contributed by atoms with Gasteiger partial charge in [0.05, 0.1) is 10.5 Å². The van der Waals surface area contributed by atoms with Gasteiger partial charge in [-0.3, -0.25) is 4.79 Å². The van der Waals surface area contributed by atoms with Crippen molar-refractivity contribution in [1.29, 1.82) is 0 Å². The molecule has 2 aromatic carbocycles. The molecule has 7 heteroatoms. The van der Waals surface area contributed by atoms with Gasteiger partial charge in [0.1, 0.15) is 0 Å². The molecular weight excluding hydrogens is 426 g/mol. The van der Waals surface area contributed by atoms with Crippen molar-refractivity contribution >= 4 is 21.8 Å². The Kier molecular flexibility index (Phi) is 7.06. The highest BCUT2D eigenvalue weighted by Gasteiger charge is 2.28. The van der Waals surface area contributed by atoms with Crippen LogP contribution in [0.15, 0.2) is 53.4 Å². The molecule has 6 nitrogen and oxygen atoms in total. The van der Waals surface area contributed by atoms with Gasteiger partial charge in [0.2, 0.25) is 10.0 Å². The lowest BCUT2D eigenvalue weighted by atomic mass is 9.84. The molecule has 2 aliphatic rings. The topological polar surface area (TPSA) is 80.8 Å². The molecule has 1 saturated heterocycles. The summed E-state index contributed by atoms with van der Waals surface area (Å²) < 4.78 is 32.1. The van der Waals surface area contributed by atoms with E-state index < -0.39 is 16.0 Å². The van der Waals surface area contributed by atoms with E-state index in [4.69, 9.17) is 4.74 Å². The predicted octanol–water partition coefficient (Wildman–Crippen LogP) is 4.56. The molecule has 0 atom stereocenters. The minimum absolute atomic E-state index is 0.0680. The van der Waals surface area contributed by atoms with E-state index in [2.05, 4.69) is 0 Å². The summed E-state index contributed by atoms with van der Waals surface area (Å²) in [5, 5.41) is 0. The number of hydrogen-bond acceptors (Lipinski definition) is 5. The summed E-state index contributed by atoms with van der Waals surface area (Å²) in [7, 11) is -3.62. The van der Waals surface area contributed by atoms with Gasteiger partial charge in [-0.05, 0) is 55.4 Å². The van der Waals surface area contributed by atoms with Crippen molar-refractivity contribution < 1.29 is 22.7 Å². The molecule has 0 radical (unpaired) electrons. The quantitative estimate of drug-likeness (QED) is 0.452. The second kappa shape index (κ2) is 9.96. The van der Waals surface area contributed by atoms with Gasteiger partial charge in [-0.2, -0.15) is 4.31 Å². The van der Waals surface area contributed by atoms with Gasteiger partial charge in [0.15, 0.2) is 12.4 Å². The number of sulfonamides is 1. The van der Waals surface area contributed by atoms with Crippen LogP contribution in [-0.4, -0.2) is 44.2 Å². The summed E-state index contributed by atoms with van der Waals surface area (Å²) >= 11 is 0. The summed E-state index contributed by atoms with van der Waals surface area (Å²) in [6.45, 7) is 0.598. The third kappa shape index (κ3) is 5.10. The highest BCUT2D eigenvalue weighted by atomic mass is 32.2. The Labute approximate surface area is 189 Å². The highest BCUT2D eigenvalue weighted by molar-refractivity contribution is 7.89. The highest BCUT2D eigenvalue weighted by Crippen LogP contribution is 2.32. The first-order chi connectivity index (χ1) is 15.4. The third-order valence-electron chi connectivity index (χ3n) is 6.42. The van der Waals surface area contributed by atoms with Crippen LogP contribution in [0.25, 0.3) is 0 Å². The molecule has 1 aliphatic heterocycles. The largest absolute Gasteiger partial charge is 0.454 e. The molecule has 1 saturated carbocycles. The summed E-state index contributed by atoms with van der Waals surface area (Å²) in [5.41, 5.74) is 1.88. The zero-order valence-electron chi connectivity index (χ0n) is 18.2. The van der Waals surface area contributed by atoms with Gasteiger partial charge < -0.3 is 4.74 Å². The van der Waals surface area contributed by atoms with Gasteiger partial charge in [-0.1, -0.05) is 49.6 Å². The lowest BCUT2D eigenvalue weighted by molar-refractivity contribution is 0.0474. The summed E-state index contributed by atoms with van der Waals surface area (Å²) in [4.78, 5) is 25.0. The molecule has 0 spiro atoms. The van der Waals surface area contributed by atoms with E-state index in [1.165, 1.54) is 66.2 Å². The average molecular weight is 456 g/mol. The van der Waals surface area contributed by atoms with Crippen molar-refractivity contribution in [3.8, 4) is 0 Å². The second-order valence-corrected chi connectivity index (χ2v) is 10.5. The number of esters is 1. The number of hydrogen-bond donors (Lipinski definition) is 0. The first-order valence-corrected chi connectivity index (χ1v) is 12.8. The standard InChI is InChI=1S/C25H29NO5S/c27-24(21-13-11-20(12-14-21)19-7-2-1-3-8-19)18-31-25(28)22-9-6-10-23(17-22)32(29,30)26-15-4-5-16-26/h6,9-14,17,19H,1-5,7-8,15-16,18H2. The van der Waals surface area contributed by atoms with Crippen molar-refractivity contribution in [2.75, 3.05) is 19.7 Å². The van der Waals surface area contributed by atoms with Crippen LogP contribution in [0.3, 0.4) is 0 Å². The van der Waals surface area contributed by atoms with Crippen LogP contribution >= 0.6 is 0 Å². The third-order valence-corrected chi connectivity index (χ3v) is 8.31. The number of ketones is 1. The zero-order chi connectivity index (χ0) is 22.6. The molecule has 4 rings (SSSR count). The van der Waals surface area contributed by atoms with E-state index in [1.807, 2.05) is 12.1 Å². The Balaban J connectivity index is 1.36. The Morgan fingerprint density at radius 1 is 0.875 bits per heavy atom. The average Bonchev–Trinajstić information content (AvgIpc) is 3.39. The zero-order valence-corrected chi connectivity index (χ0v) is 19.0. The molecule has 2 aromatic rings. The monoisotopic (exact) mass is 455 g/mol. The number of carbonyl (C=O) groups excluding carboxylic acids is 2. The van der Waals surface area contributed by atoms with Gasteiger partial charge in [0.25, 0.3) is 0 Å². The minimum atomic E-state index is -3.62. The maximum atomic E-state index is 12.7. The summed E-state index contributed by atoms with van der Waals surface area (Å²) in [6.07, 6.45) is 7.86. The number of nitrogens with zero attached hydrogens (tertiary/aromatic N) is 1. The lowest BCUT2D eigenvalue weighted by Gasteiger charge is -2.22. The van der Waals surface area contributed by atoms with Crippen LogP contribution in [0.4, 0.5) is 0 Å². The molecule has 0 aromatic heterocycles. The summed E-state index contributed by atoms with van der Waals surface area (Å²) in [6, 6.07) is 13.4. The molecular formula is C25H29NO5S. The minimum Gasteiger partial charge on any atom is -0.454 e. The molecule has 0 bridgehead atoms. The number of benzene rings is 2. The molecule has 170 valence electrons. The Hall–Kier alpha value is -2.51. The molecule has 32 heavy (non-hydrogen) atoms. The van der Waals surface area contributed by atoms with E-state index in [0.29, 0.717) is 24.6 Å². The Bertz CT molecular complexity index is 1070. The maximum Gasteiger partial charge on any atom is 0.338 e. The van der Waals surface area contributed by atoms with Crippen LogP contribution < -0.4 is 0 Å². The van der Waals surface area contributed by atoms with Crippen molar-refractivity contribution in [2.24, 2.45) is 0 Å². The van der Waals surface area contributed by atoms with Gasteiger partial charge in [-0.15, -0.1) is 0 Å². The first kappa shape index (κ1) is 22.7. The fourth-order valence-electron chi connectivity index (χ4n) is 4.54. The normalized spacial score (nSPS) is 17.9. The molecule has 0 N–H and O–H groups in total. The number of ether oxygens (including phenoxy) is 1. The fraction of sp³-hybridized carbons (Fsp3) is 0.440. The maximum absolute atomic E-state index is 12.7. The predicted molar refractivity (Wildman–Crippen MR) is 121 cm³/mol. The SMILES string of the molecule is O=C(COC(=O)c1cccc(S(=O)(=O)N2CCCC2)c1)c1ccc(C2CCCCC2)cc1. The van der Waals surface area contributed by atoms with Crippen molar-refractivity contribution in [2.45, 2.75) is 55.8 Å². The van der Waals surface area contributed by atoms with Crippen LogP contribution in [0.1, 0.15) is 77.1 Å². The van der Waals surface area contributed by atoms with Crippen LogP contribution in [0.2, 0.25) is 0 Å². The number of carbonyl (C=O) groups is 2.